The quantitative estimate of drug-likeness (QED) is 0.215. The Hall–Kier alpha value is -4.44. The minimum absolute atomic E-state index is 0.425. The van der Waals surface area contributed by atoms with Crippen molar-refractivity contribution in [1.82, 2.24) is 4.98 Å². The van der Waals surface area contributed by atoms with Gasteiger partial charge in [-0.15, -0.1) is 0 Å². The summed E-state index contributed by atoms with van der Waals surface area (Å²) in [6.45, 7) is 0. The van der Waals surface area contributed by atoms with Crippen LogP contribution < -0.4 is 10.4 Å². The van der Waals surface area contributed by atoms with Gasteiger partial charge in [-0.1, -0.05) is 91.0 Å². The van der Waals surface area contributed by atoms with Crippen molar-refractivity contribution < 1.29 is 13.2 Å². The van der Waals surface area contributed by atoms with Crippen molar-refractivity contribution in [2.45, 2.75) is 44.2 Å². The predicted molar refractivity (Wildman–Crippen MR) is 164 cm³/mol. The van der Waals surface area contributed by atoms with Gasteiger partial charge in [-0.05, 0) is 112 Å². The number of benzene rings is 4. The number of halogens is 3. The first-order valence-electron chi connectivity index (χ1n) is 14.5. The highest BCUT2D eigenvalue weighted by molar-refractivity contribution is 5.77. The Balaban J connectivity index is 0.000000470. The normalized spacial score (nSPS) is 15.3. The summed E-state index contributed by atoms with van der Waals surface area (Å²) in [5.41, 5.74) is 7.95. The van der Waals surface area contributed by atoms with E-state index in [0.717, 1.165) is 37.7 Å². The molecule has 0 aliphatic heterocycles. The second-order valence-corrected chi connectivity index (χ2v) is 10.9. The molecule has 42 heavy (non-hydrogen) atoms. The number of rotatable bonds is 4. The molecule has 2 aliphatic carbocycles. The molecular weight excluding hydrogens is 527 g/mol. The first-order chi connectivity index (χ1) is 20.5. The van der Waals surface area contributed by atoms with Crippen LogP contribution in [0, 0.1) is 0 Å². The van der Waals surface area contributed by atoms with E-state index in [0.29, 0.717) is 5.92 Å². The van der Waals surface area contributed by atoms with E-state index in [2.05, 4.69) is 71.7 Å². The van der Waals surface area contributed by atoms with Crippen LogP contribution in [0.25, 0.3) is 22.8 Å². The topological polar surface area (TPSA) is 12.9 Å². The zero-order chi connectivity index (χ0) is 28.9. The molecule has 1 unspecified atom stereocenters. The molecule has 2 aliphatic rings. The summed E-state index contributed by atoms with van der Waals surface area (Å²) in [6.07, 6.45) is 6.31. The van der Waals surface area contributed by atoms with Crippen LogP contribution in [0.15, 0.2) is 122 Å². The molecule has 1 atom stereocenters. The average Bonchev–Trinajstić information content (AvgIpc) is 3.04. The van der Waals surface area contributed by atoms with Crippen LogP contribution in [0.2, 0.25) is 0 Å². The number of pyridine rings is 1. The molecule has 0 radical (unpaired) electrons. The number of alkyl halides is 3. The molecule has 0 spiro atoms. The maximum Gasteiger partial charge on any atom is 0.416 e. The first-order valence-corrected chi connectivity index (χ1v) is 14.5. The number of aromatic nitrogens is 1. The van der Waals surface area contributed by atoms with Gasteiger partial charge in [-0.25, -0.2) is 0 Å². The fourth-order valence-electron chi connectivity index (χ4n) is 6.28. The third-order valence-corrected chi connectivity index (χ3v) is 8.35. The molecule has 0 fully saturated rings. The van der Waals surface area contributed by atoms with E-state index in [-0.39, 0.29) is 0 Å². The largest absolute Gasteiger partial charge is 0.416 e. The van der Waals surface area contributed by atoms with E-state index >= 15 is 0 Å². The van der Waals surface area contributed by atoms with E-state index in [1.54, 1.807) is 24.5 Å². The molecule has 7 rings (SSSR count). The Morgan fingerprint density at radius 1 is 0.714 bits per heavy atom. The molecule has 4 aromatic carbocycles. The Labute approximate surface area is 244 Å². The second-order valence-electron chi connectivity index (χ2n) is 10.9. The maximum atomic E-state index is 13.2. The van der Waals surface area contributed by atoms with Gasteiger partial charge in [0.25, 0.3) is 0 Å². The Kier molecular flexibility index (Phi) is 8.05. The lowest BCUT2D eigenvalue weighted by atomic mass is 9.76. The smallest absolute Gasteiger partial charge is 0.265 e. The molecule has 0 saturated carbocycles. The van der Waals surface area contributed by atoms with E-state index in [4.69, 9.17) is 0 Å². The second kappa shape index (κ2) is 12.2. The zero-order valence-corrected chi connectivity index (χ0v) is 23.3. The SMILES string of the molecule is FC(F)(F)c1ccc(C2=c3c(ccc4c3=CCc3ccccc3-4)C(CCc3ccccc3)CC2)cc1.c1ccncc1. The molecule has 0 amide bonds. The Morgan fingerprint density at radius 3 is 2.12 bits per heavy atom. The first kappa shape index (κ1) is 27.7. The van der Waals surface area contributed by atoms with Crippen LogP contribution in [0.3, 0.4) is 0 Å². The van der Waals surface area contributed by atoms with E-state index in [9.17, 15) is 13.2 Å². The van der Waals surface area contributed by atoms with Crippen molar-refractivity contribution in [3.05, 3.63) is 160 Å². The lowest BCUT2D eigenvalue weighted by Crippen LogP contribution is -2.38. The van der Waals surface area contributed by atoms with Gasteiger partial charge in [0.15, 0.2) is 0 Å². The van der Waals surface area contributed by atoms with Crippen molar-refractivity contribution in [2.75, 3.05) is 0 Å². The van der Waals surface area contributed by atoms with Gasteiger partial charge in [-0.2, -0.15) is 13.2 Å². The van der Waals surface area contributed by atoms with E-state index < -0.39 is 11.7 Å². The monoisotopic (exact) mass is 559 g/mol. The molecule has 1 aromatic heterocycles. The van der Waals surface area contributed by atoms with Crippen molar-refractivity contribution in [3.63, 3.8) is 0 Å². The van der Waals surface area contributed by atoms with Crippen molar-refractivity contribution >= 4 is 11.6 Å². The highest BCUT2D eigenvalue weighted by Gasteiger charge is 2.30. The van der Waals surface area contributed by atoms with Gasteiger partial charge in [0.1, 0.15) is 0 Å². The lowest BCUT2D eigenvalue weighted by molar-refractivity contribution is -0.137. The zero-order valence-electron chi connectivity index (χ0n) is 23.3. The molecule has 0 bridgehead atoms. The third kappa shape index (κ3) is 5.94. The number of hydrogen-bond donors (Lipinski definition) is 0. The summed E-state index contributed by atoms with van der Waals surface area (Å²) in [5.74, 6) is 0.425. The number of hydrogen-bond acceptors (Lipinski definition) is 1. The summed E-state index contributed by atoms with van der Waals surface area (Å²) in [7, 11) is 0. The summed E-state index contributed by atoms with van der Waals surface area (Å²) in [5, 5.41) is 2.48. The van der Waals surface area contributed by atoms with Crippen molar-refractivity contribution in [2.24, 2.45) is 0 Å². The van der Waals surface area contributed by atoms with Gasteiger partial charge in [0.2, 0.25) is 0 Å². The Bertz CT molecular complexity index is 1750. The van der Waals surface area contributed by atoms with Gasteiger partial charge in [-0.3, -0.25) is 4.98 Å². The summed E-state index contributed by atoms with van der Waals surface area (Å²) in [4.78, 5) is 3.78. The number of fused-ring (bicyclic) bond motifs is 5. The minimum atomic E-state index is -4.33. The van der Waals surface area contributed by atoms with Gasteiger partial charge < -0.3 is 0 Å². The summed E-state index contributed by atoms with van der Waals surface area (Å²) in [6, 6.07) is 35.1. The molecule has 5 aromatic rings. The molecule has 210 valence electrons. The molecule has 1 heterocycles. The van der Waals surface area contributed by atoms with Crippen LogP contribution in [0.1, 0.15) is 53.0 Å². The minimum Gasteiger partial charge on any atom is -0.265 e. The Morgan fingerprint density at radius 2 is 1.43 bits per heavy atom. The number of nitrogens with zero attached hydrogens (tertiary/aromatic N) is 1. The van der Waals surface area contributed by atoms with E-state index in [1.165, 1.54) is 56.0 Å². The van der Waals surface area contributed by atoms with Gasteiger partial charge in [0.05, 0.1) is 5.56 Å². The third-order valence-electron chi connectivity index (χ3n) is 8.35. The predicted octanol–water partition coefficient (Wildman–Crippen LogP) is 8.50. The van der Waals surface area contributed by atoms with Crippen LogP contribution >= 0.6 is 0 Å². The average molecular weight is 560 g/mol. The lowest BCUT2D eigenvalue weighted by Gasteiger charge is -2.28. The number of aryl methyl sites for hydroxylation is 1. The fraction of sp³-hybridized carbons (Fsp3) is 0.184. The van der Waals surface area contributed by atoms with Gasteiger partial charge in [0, 0.05) is 12.4 Å². The summed E-state index contributed by atoms with van der Waals surface area (Å²) < 4.78 is 39.7. The van der Waals surface area contributed by atoms with Crippen molar-refractivity contribution in [3.8, 4) is 11.1 Å². The summed E-state index contributed by atoms with van der Waals surface area (Å²) >= 11 is 0. The highest BCUT2D eigenvalue weighted by Crippen LogP contribution is 2.36. The molecule has 1 nitrogen and oxygen atoms in total. The van der Waals surface area contributed by atoms with Crippen LogP contribution in [0.5, 0.6) is 0 Å². The van der Waals surface area contributed by atoms with Crippen LogP contribution in [0.4, 0.5) is 13.2 Å². The molecule has 0 N–H and O–H groups in total. The van der Waals surface area contributed by atoms with Crippen LogP contribution in [-0.4, -0.2) is 4.98 Å². The van der Waals surface area contributed by atoms with Crippen molar-refractivity contribution in [1.29, 1.82) is 0 Å². The van der Waals surface area contributed by atoms with Crippen LogP contribution in [-0.2, 0) is 19.0 Å². The standard InChI is InChI=1S/C33H27F3.C5H5N/c34-33(35,36)26-16-12-25(13-17-26)28-18-14-24(11-10-22-6-2-1-3-7-22)29-20-21-30-27-9-5-4-8-23(27)15-19-31(30)32(28)29;1-2-4-6-5-3-1/h1-9,12-13,16-17,19-21,24H,10-11,14-15,18H2;1-5H. The van der Waals surface area contributed by atoms with Gasteiger partial charge >= 0.3 is 6.18 Å². The maximum absolute atomic E-state index is 13.2. The van der Waals surface area contributed by atoms with E-state index in [1.807, 2.05) is 24.3 Å². The molecule has 0 saturated heterocycles. The molecule has 4 heteroatoms. The molecular formula is C38H32F3N. The highest BCUT2D eigenvalue weighted by atomic mass is 19.4. The fourth-order valence-corrected chi connectivity index (χ4v) is 6.28.